The van der Waals surface area contributed by atoms with Crippen molar-refractivity contribution in [3.63, 3.8) is 0 Å². The van der Waals surface area contributed by atoms with Crippen molar-refractivity contribution >= 4 is 12.8 Å². The summed E-state index contributed by atoms with van der Waals surface area (Å²) in [7, 11) is -2.29. The molecule has 1 N–H and O–H groups in total. The molecule has 0 amide bonds. The summed E-state index contributed by atoms with van der Waals surface area (Å²) in [6.45, 7) is 4.56. The van der Waals surface area contributed by atoms with Gasteiger partial charge in [0.1, 0.15) is 0 Å². The van der Waals surface area contributed by atoms with Crippen molar-refractivity contribution in [1.29, 1.82) is 0 Å². The van der Waals surface area contributed by atoms with Gasteiger partial charge in [-0.2, -0.15) is 0 Å². The molecular weight excluding hydrogens is 371 g/mol. The zero-order valence-corrected chi connectivity index (χ0v) is 20.8. The molecule has 170 valence electrons. The molecule has 0 spiro atoms. The predicted octanol–water partition coefficient (Wildman–Crippen LogP) is 8.64. The van der Waals surface area contributed by atoms with Crippen LogP contribution in [0.1, 0.15) is 123 Å². The molecule has 1 aromatic carbocycles. The molecule has 0 radical (unpaired) electrons. The molecule has 0 aliphatic carbocycles. The third-order valence-electron chi connectivity index (χ3n) is 6.45. The predicted molar refractivity (Wildman–Crippen MR) is 136 cm³/mol. The van der Waals surface area contributed by atoms with Gasteiger partial charge in [0.15, 0.2) is 0 Å². The van der Waals surface area contributed by atoms with Crippen LogP contribution in [0, 0.1) is 0 Å². The average molecular weight is 423 g/mol. The molecule has 1 nitrogen and oxygen atoms in total. The SMILES string of the molecule is CCCCCCCCCCCC[PH](O)(CCCCCCCCC)c1ccccc1. The summed E-state index contributed by atoms with van der Waals surface area (Å²) >= 11 is 0. The van der Waals surface area contributed by atoms with Crippen LogP contribution < -0.4 is 5.30 Å². The number of hydrogen-bond acceptors (Lipinski definition) is 1. The molecule has 1 rings (SSSR count). The molecule has 29 heavy (non-hydrogen) atoms. The fourth-order valence-electron chi connectivity index (χ4n) is 4.44. The van der Waals surface area contributed by atoms with E-state index in [0.717, 1.165) is 12.3 Å². The van der Waals surface area contributed by atoms with E-state index in [1.54, 1.807) is 0 Å². The molecule has 0 atom stereocenters. The van der Waals surface area contributed by atoms with Crippen molar-refractivity contribution in [1.82, 2.24) is 0 Å². The first-order valence-electron chi connectivity index (χ1n) is 13.0. The first-order chi connectivity index (χ1) is 14.2. The molecule has 1 aromatic rings. The molecule has 0 unspecified atom stereocenters. The van der Waals surface area contributed by atoms with Gasteiger partial charge in [-0.05, 0) is 0 Å². The van der Waals surface area contributed by atoms with E-state index in [1.165, 1.54) is 114 Å². The quantitative estimate of drug-likeness (QED) is 0.165. The first kappa shape index (κ1) is 26.6. The molecule has 0 aliphatic rings. The molecule has 0 saturated heterocycles. The van der Waals surface area contributed by atoms with Crippen LogP contribution in [-0.2, 0) is 0 Å². The van der Waals surface area contributed by atoms with Crippen molar-refractivity contribution in [3.8, 4) is 0 Å². The second-order valence-electron chi connectivity index (χ2n) is 9.20. The maximum absolute atomic E-state index is 11.6. The van der Waals surface area contributed by atoms with Crippen LogP contribution in [0.3, 0.4) is 0 Å². The third-order valence-corrected chi connectivity index (χ3v) is 10.2. The fraction of sp³-hybridized carbons (Fsp3) is 0.778. The minimum absolute atomic E-state index is 1.06. The summed E-state index contributed by atoms with van der Waals surface area (Å²) in [6, 6.07) is 10.7. The van der Waals surface area contributed by atoms with Gasteiger partial charge in [-0.15, -0.1) is 0 Å². The summed E-state index contributed by atoms with van der Waals surface area (Å²) in [5, 5.41) is 1.27. The van der Waals surface area contributed by atoms with Gasteiger partial charge in [0, 0.05) is 0 Å². The van der Waals surface area contributed by atoms with E-state index in [0.29, 0.717) is 0 Å². The van der Waals surface area contributed by atoms with Crippen molar-refractivity contribution in [3.05, 3.63) is 30.3 Å². The van der Waals surface area contributed by atoms with Gasteiger partial charge in [-0.25, -0.2) is 0 Å². The summed E-state index contributed by atoms with van der Waals surface area (Å²) in [6.07, 6.45) is 25.1. The Morgan fingerprint density at radius 1 is 0.517 bits per heavy atom. The van der Waals surface area contributed by atoms with E-state index in [1.807, 2.05) is 0 Å². The summed E-state index contributed by atoms with van der Waals surface area (Å²) < 4.78 is 0. The maximum atomic E-state index is 11.6. The Kier molecular flexibility index (Phi) is 16.9. The summed E-state index contributed by atoms with van der Waals surface area (Å²) in [5.74, 6) is 0. The van der Waals surface area contributed by atoms with Crippen LogP contribution >= 0.6 is 7.49 Å². The zero-order chi connectivity index (χ0) is 21.0. The van der Waals surface area contributed by atoms with E-state index in [4.69, 9.17) is 0 Å². The summed E-state index contributed by atoms with van der Waals surface area (Å²) in [4.78, 5) is 11.6. The van der Waals surface area contributed by atoms with Crippen molar-refractivity contribution in [2.75, 3.05) is 12.3 Å². The number of rotatable bonds is 20. The average Bonchev–Trinajstić information content (AvgIpc) is 2.75. The Morgan fingerprint density at radius 2 is 0.862 bits per heavy atom. The summed E-state index contributed by atoms with van der Waals surface area (Å²) in [5.41, 5.74) is 0. The van der Waals surface area contributed by atoms with Crippen LogP contribution in [0.5, 0.6) is 0 Å². The monoisotopic (exact) mass is 422 g/mol. The number of hydrogen-bond donors (Lipinski definition) is 1. The van der Waals surface area contributed by atoms with Gasteiger partial charge in [-0.3, -0.25) is 0 Å². The topological polar surface area (TPSA) is 20.2 Å². The van der Waals surface area contributed by atoms with E-state index >= 15 is 0 Å². The zero-order valence-electron chi connectivity index (χ0n) is 19.8. The minimum atomic E-state index is -2.29. The van der Waals surface area contributed by atoms with E-state index in [-0.39, 0.29) is 0 Å². The number of benzene rings is 1. The Bertz CT molecular complexity index is 461. The van der Waals surface area contributed by atoms with Gasteiger partial charge in [0.2, 0.25) is 0 Å². The molecule has 0 heterocycles. The second kappa shape index (κ2) is 18.4. The van der Waals surface area contributed by atoms with Gasteiger partial charge >= 0.3 is 183 Å². The molecule has 2 heteroatoms. The molecule has 0 aliphatic heterocycles. The van der Waals surface area contributed by atoms with Gasteiger partial charge in [0.05, 0.1) is 0 Å². The van der Waals surface area contributed by atoms with E-state index < -0.39 is 7.49 Å². The Hall–Kier alpha value is -0.390. The molecule has 0 fully saturated rings. The Balaban J connectivity index is 2.26. The number of unbranched alkanes of at least 4 members (excludes halogenated alkanes) is 15. The van der Waals surface area contributed by atoms with Crippen LogP contribution in [0.2, 0.25) is 0 Å². The van der Waals surface area contributed by atoms with Gasteiger partial charge in [0.25, 0.3) is 0 Å². The van der Waals surface area contributed by atoms with Gasteiger partial charge in [-0.1, -0.05) is 0 Å². The van der Waals surface area contributed by atoms with Crippen molar-refractivity contribution in [2.45, 2.75) is 123 Å². The first-order valence-corrected chi connectivity index (χ1v) is 15.4. The molecule has 0 aromatic heterocycles. The van der Waals surface area contributed by atoms with Gasteiger partial charge < -0.3 is 0 Å². The molecule has 0 bridgehead atoms. The van der Waals surface area contributed by atoms with E-state index in [2.05, 4.69) is 44.2 Å². The van der Waals surface area contributed by atoms with Crippen LogP contribution in [0.4, 0.5) is 0 Å². The standard InChI is InChI=1S/C27H51OP/c1-3-5-7-9-11-12-13-15-17-22-26-29(28,27-23-19-18-20-24-27)25-21-16-14-10-8-6-4-2/h18-20,23-24,28-29H,3-17,21-22,25-26H2,1-2H3. The normalized spacial score (nSPS) is 12.4. The van der Waals surface area contributed by atoms with Crippen LogP contribution in [-0.4, -0.2) is 17.2 Å². The molecule has 0 saturated carbocycles. The van der Waals surface area contributed by atoms with Crippen LogP contribution in [0.25, 0.3) is 0 Å². The Labute approximate surface area is 183 Å². The van der Waals surface area contributed by atoms with E-state index in [9.17, 15) is 4.89 Å². The Morgan fingerprint density at radius 3 is 1.24 bits per heavy atom. The van der Waals surface area contributed by atoms with Crippen molar-refractivity contribution in [2.24, 2.45) is 0 Å². The fourth-order valence-corrected chi connectivity index (χ4v) is 7.75. The van der Waals surface area contributed by atoms with Crippen LogP contribution in [0.15, 0.2) is 30.3 Å². The third kappa shape index (κ3) is 13.5. The second-order valence-corrected chi connectivity index (χ2v) is 12.8. The molecular formula is C27H51OP. The van der Waals surface area contributed by atoms with Crippen molar-refractivity contribution < 1.29 is 4.89 Å².